The fourth-order valence-corrected chi connectivity index (χ4v) is 8.14. The summed E-state index contributed by atoms with van der Waals surface area (Å²) in [6.45, 7) is 2.16. The molecule has 0 aliphatic carbocycles. The summed E-state index contributed by atoms with van der Waals surface area (Å²) >= 11 is 0. The second-order valence-corrected chi connectivity index (χ2v) is 13.2. The molecule has 0 bridgehead atoms. The SMILES string of the molecule is C#C/C=C\c1c(C)c2ccccc2n1-c1cccc(-c2cccc(-n3c4ccccc4c4c3ccc3c5ccccc5n(-c5ccccc5)c34)n2)c1. The predicted molar refractivity (Wildman–Crippen MR) is 218 cm³/mol. The third-order valence-electron chi connectivity index (χ3n) is 10.4. The maximum atomic E-state index is 5.65. The van der Waals surface area contributed by atoms with E-state index >= 15 is 0 Å². The number of fused-ring (bicyclic) bond motifs is 8. The Morgan fingerprint density at radius 3 is 1.98 bits per heavy atom. The van der Waals surface area contributed by atoms with Crippen molar-refractivity contribution in [1.29, 1.82) is 0 Å². The molecule has 10 rings (SSSR count). The van der Waals surface area contributed by atoms with Gasteiger partial charge < -0.3 is 9.13 Å². The molecule has 52 heavy (non-hydrogen) atoms. The highest BCUT2D eigenvalue weighted by Crippen LogP contribution is 2.42. The molecular weight excluding hydrogens is 633 g/mol. The van der Waals surface area contributed by atoms with E-state index in [0.717, 1.165) is 50.7 Å². The number of nitrogens with zero attached hydrogens (tertiary/aromatic N) is 4. The molecule has 0 atom stereocenters. The summed E-state index contributed by atoms with van der Waals surface area (Å²) in [5.41, 5.74) is 12.2. The van der Waals surface area contributed by atoms with Crippen molar-refractivity contribution in [2.75, 3.05) is 0 Å². The van der Waals surface area contributed by atoms with Crippen molar-refractivity contribution < 1.29 is 0 Å². The molecule has 4 heteroatoms. The average molecular weight is 665 g/mol. The second kappa shape index (κ2) is 11.8. The van der Waals surface area contributed by atoms with Crippen molar-refractivity contribution in [3.05, 3.63) is 175 Å². The van der Waals surface area contributed by atoms with Crippen LogP contribution in [0.4, 0.5) is 0 Å². The number of hydrogen-bond donors (Lipinski definition) is 0. The molecule has 4 nitrogen and oxygen atoms in total. The Hall–Kier alpha value is -7.09. The molecule has 0 unspecified atom stereocenters. The third-order valence-corrected chi connectivity index (χ3v) is 10.4. The lowest BCUT2D eigenvalue weighted by atomic mass is 10.1. The molecular formula is C48H32N4. The van der Waals surface area contributed by atoms with E-state index in [4.69, 9.17) is 11.4 Å². The lowest BCUT2D eigenvalue weighted by Gasteiger charge is -2.13. The van der Waals surface area contributed by atoms with Gasteiger partial charge in [0.25, 0.3) is 0 Å². The van der Waals surface area contributed by atoms with Crippen LogP contribution in [0.1, 0.15) is 11.3 Å². The first-order valence-electron chi connectivity index (χ1n) is 17.5. The minimum absolute atomic E-state index is 0.871. The minimum Gasteiger partial charge on any atom is -0.310 e. The summed E-state index contributed by atoms with van der Waals surface area (Å²) in [6.07, 6.45) is 9.45. The third kappa shape index (κ3) is 4.40. The molecule has 0 saturated heterocycles. The summed E-state index contributed by atoms with van der Waals surface area (Å²) in [5.74, 6) is 3.54. The molecule has 4 aromatic heterocycles. The van der Waals surface area contributed by atoms with Crippen LogP contribution in [0, 0.1) is 19.3 Å². The zero-order valence-corrected chi connectivity index (χ0v) is 28.5. The number of benzene rings is 6. The smallest absolute Gasteiger partial charge is 0.138 e. The Morgan fingerprint density at radius 1 is 0.538 bits per heavy atom. The topological polar surface area (TPSA) is 27.7 Å². The van der Waals surface area contributed by atoms with Crippen LogP contribution >= 0.6 is 0 Å². The Bertz CT molecular complexity index is 3090. The number of pyridine rings is 1. The summed E-state index contributed by atoms with van der Waals surface area (Å²) in [4.78, 5) is 5.37. The van der Waals surface area contributed by atoms with Gasteiger partial charge in [-0.25, -0.2) is 4.98 Å². The summed E-state index contributed by atoms with van der Waals surface area (Å²) < 4.78 is 7.02. The molecule has 0 fully saturated rings. The molecule has 0 saturated carbocycles. The minimum atomic E-state index is 0.871. The molecule has 6 aromatic carbocycles. The van der Waals surface area contributed by atoms with Crippen LogP contribution in [0.15, 0.2) is 164 Å². The van der Waals surface area contributed by atoms with E-state index in [9.17, 15) is 0 Å². The van der Waals surface area contributed by atoms with Crippen molar-refractivity contribution in [1.82, 2.24) is 18.7 Å². The molecule has 10 aromatic rings. The van der Waals surface area contributed by atoms with E-state index < -0.39 is 0 Å². The van der Waals surface area contributed by atoms with Gasteiger partial charge in [-0.05, 0) is 85.3 Å². The quantitative estimate of drug-likeness (QED) is 0.168. The zero-order valence-electron chi connectivity index (χ0n) is 28.5. The second-order valence-electron chi connectivity index (χ2n) is 13.2. The number of hydrogen-bond acceptors (Lipinski definition) is 1. The predicted octanol–water partition coefficient (Wildman–Crippen LogP) is 11.8. The first-order chi connectivity index (χ1) is 25.7. The first kappa shape index (κ1) is 29.8. The van der Waals surface area contributed by atoms with E-state index in [1.165, 1.54) is 43.5 Å². The van der Waals surface area contributed by atoms with Crippen LogP contribution in [0.5, 0.6) is 0 Å². The van der Waals surface area contributed by atoms with Crippen LogP contribution in [0.2, 0.25) is 0 Å². The van der Waals surface area contributed by atoms with Crippen molar-refractivity contribution >= 4 is 60.6 Å². The van der Waals surface area contributed by atoms with Crippen molar-refractivity contribution in [3.8, 4) is 40.8 Å². The molecule has 0 spiro atoms. The van der Waals surface area contributed by atoms with Crippen molar-refractivity contribution in [3.63, 3.8) is 0 Å². The van der Waals surface area contributed by atoms with Gasteiger partial charge in [0.05, 0.1) is 39.0 Å². The lowest BCUT2D eigenvalue weighted by molar-refractivity contribution is 1.08. The number of rotatable bonds is 5. The number of terminal acetylenes is 1. The Morgan fingerprint density at radius 2 is 1.19 bits per heavy atom. The summed E-state index contributed by atoms with van der Waals surface area (Å²) in [7, 11) is 0. The molecule has 244 valence electrons. The number of aromatic nitrogens is 4. The van der Waals surface area contributed by atoms with Gasteiger partial charge in [0.1, 0.15) is 5.82 Å². The highest BCUT2D eigenvalue weighted by atomic mass is 15.1. The summed E-state index contributed by atoms with van der Waals surface area (Å²) in [5, 5.41) is 6.09. The number of para-hydroxylation sites is 4. The number of allylic oxidation sites excluding steroid dienone is 1. The molecule has 0 amide bonds. The molecule has 0 radical (unpaired) electrons. The van der Waals surface area contributed by atoms with Crippen LogP contribution in [0.3, 0.4) is 0 Å². The van der Waals surface area contributed by atoms with E-state index in [0.29, 0.717) is 0 Å². The van der Waals surface area contributed by atoms with E-state index in [1.807, 2.05) is 6.08 Å². The van der Waals surface area contributed by atoms with Gasteiger partial charge in [-0.15, -0.1) is 6.42 Å². The Balaban J connectivity index is 1.19. The fourth-order valence-electron chi connectivity index (χ4n) is 8.14. The van der Waals surface area contributed by atoms with Gasteiger partial charge in [0.2, 0.25) is 0 Å². The van der Waals surface area contributed by atoms with Crippen LogP contribution in [-0.2, 0) is 0 Å². The van der Waals surface area contributed by atoms with Crippen LogP contribution in [0.25, 0.3) is 89.0 Å². The Labute approximate surface area is 301 Å². The highest BCUT2D eigenvalue weighted by Gasteiger charge is 2.21. The number of aryl methyl sites for hydroxylation is 1. The summed E-state index contributed by atoms with van der Waals surface area (Å²) in [6, 6.07) is 56.1. The maximum Gasteiger partial charge on any atom is 0.138 e. The van der Waals surface area contributed by atoms with Gasteiger partial charge in [0.15, 0.2) is 0 Å². The first-order valence-corrected chi connectivity index (χ1v) is 17.5. The van der Waals surface area contributed by atoms with Gasteiger partial charge in [-0.3, -0.25) is 4.57 Å². The van der Waals surface area contributed by atoms with Gasteiger partial charge >= 0.3 is 0 Å². The largest absolute Gasteiger partial charge is 0.310 e. The van der Waals surface area contributed by atoms with Gasteiger partial charge in [-0.1, -0.05) is 103 Å². The molecule has 0 aliphatic rings. The van der Waals surface area contributed by atoms with Crippen molar-refractivity contribution in [2.45, 2.75) is 6.92 Å². The Kier molecular flexibility index (Phi) is 6.74. The maximum absolute atomic E-state index is 5.65. The van der Waals surface area contributed by atoms with E-state index in [2.05, 4.69) is 184 Å². The fraction of sp³-hybridized carbons (Fsp3) is 0.0208. The van der Waals surface area contributed by atoms with E-state index in [1.54, 1.807) is 6.08 Å². The molecule has 4 heterocycles. The molecule has 0 N–H and O–H groups in total. The van der Waals surface area contributed by atoms with E-state index in [-0.39, 0.29) is 0 Å². The van der Waals surface area contributed by atoms with Crippen molar-refractivity contribution in [2.24, 2.45) is 0 Å². The normalized spacial score (nSPS) is 11.8. The van der Waals surface area contributed by atoms with Gasteiger partial charge in [-0.2, -0.15) is 0 Å². The average Bonchev–Trinajstić information content (AvgIpc) is 3.82. The standard InChI is InChI=1S/C48H32N4/c1-3-4-24-41-32(2)36-20-8-11-25-42(36)50(41)35-19-14-16-33(31-35)40-23-15-28-46(49-40)52-44-27-13-10-22-39(44)47-45(52)30-29-38-37-21-9-12-26-43(37)51(48(38)47)34-17-6-5-7-18-34/h1,4-31H,2H3/b24-4-. The molecule has 0 aliphatic heterocycles. The monoisotopic (exact) mass is 664 g/mol. The van der Waals surface area contributed by atoms with Crippen LogP contribution < -0.4 is 0 Å². The van der Waals surface area contributed by atoms with Crippen LogP contribution in [-0.4, -0.2) is 18.7 Å². The lowest BCUT2D eigenvalue weighted by Crippen LogP contribution is -2.00. The highest BCUT2D eigenvalue weighted by molar-refractivity contribution is 6.26. The van der Waals surface area contributed by atoms with Gasteiger partial charge in [0, 0.05) is 43.9 Å². The zero-order chi connectivity index (χ0) is 34.8.